The van der Waals surface area contributed by atoms with Gasteiger partial charge in [-0.1, -0.05) is 35.9 Å². The van der Waals surface area contributed by atoms with Gasteiger partial charge in [0.05, 0.1) is 11.2 Å². The van der Waals surface area contributed by atoms with E-state index in [9.17, 15) is 0 Å². The highest BCUT2D eigenvalue weighted by Crippen LogP contribution is 2.31. The van der Waals surface area contributed by atoms with E-state index in [1.165, 1.54) is 6.33 Å². The maximum atomic E-state index is 6.32. The van der Waals surface area contributed by atoms with Crippen LogP contribution in [-0.2, 0) is 0 Å². The van der Waals surface area contributed by atoms with Crippen LogP contribution >= 0.6 is 11.6 Å². The number of aromatic nitrogens is 3. The van der Waals surface area contributed by atoms with E-state index in [0.717, 1.165) is 33.5 Å². The predicted molar refractivity (Wildman–Crippen MR) is 116 cm³/mol. The molecule has 2 aromatic heterocycles. The second kappa shape index (κ2) is 7.32. The quantitative estimate of drug-likeness (QED) is 0.434. The van der Waals surface area contributed by atoms with Crippen molar-refractivity contribution < 1.29 is 0 Å². The van der Waals surface area contributed by atoms with E-state index in [1.807, 2.05) is 62.4 Å². The number of halogens is 1. The Labute approximate surface area is 167 Å². The highest BCUT2D eigenvalue weighted by molar-refractivity contribution is 6.31. The van der Waals surface area contributed by atoms with Gasteiger partial charge in [0, 0.05) is 21.8 Å². The Hall–Kier alpha value is -3.38. The standard InChI is InChI=1S/C21H19ClN6/c1-12-6-9-15(10-16(12)22)27-20-18(23)21(25-11-24-20)28-17-5-3-4-14-8-7-13(2)26-19(14)17/h3-11H,23H2,1-2H3,(H2,24,25,27,28). The average molecular weight is 391 g/mol. The second-order valence-electron chi connectivity index (χ2n) is 6.53. The number of hydrogen-bond donors (Lipinski definition) is 3. The molecule has 140 valence electrons. The summed E-state index contributed by atoms with van der Waals surface area (Å²) in [7, 11) is 0. The van der Waals surface area contributed by atoms with Gasteiger partial charge < -0.3 is 16.4 Å². The van der Waals surface area contributed by atoms with E-state index in [-0.39, 0.29) is 0 Å². The van der Waals surface area contributed by atoms with Crippen molar-refractivity contribution in [2.24, 2.45) is 0 Å². The number of fused-ring (bicyclic) bond motifs is 1. The lowest BCUT2D eigenvalue weighted by molar-refractivity contribution is 1.17. The minimum absolute atomic E-state index is 0.406. The fourth-order valence-electron chi connectivity index (χ4n) is 2.88. The molecular weight excluding hydrogens is 372 g/mol. The van der Waals surface area contributed by atoms with Gasteiger partial charge in [-0.05, 0) is 43.7 Å². The Balaban J connectivity index is 1.67. The summed E-state index contributed by atoms with van der Waals surface area (Å²) in [5.74, 6) is 1.01. The number of para-hydroxylation sites is 1. The Morgan fingerprint density at radius 2 is 1.71 bits per heavy atom. The lowest BCUT2D eigenvalue weighted by Crippen LogP contribution is -2.05. The molecule has 28 heavy (non-hydrogen) atoms. The number of nitrogens with zero attached hydrogens (tertiary/aromatic N) is 3. The van der Waals surface area contributed by atoms with Gasteiger partial charge in [-0.25, -0.2) is 9.97 Å². The normalized spacial score (nSPS) is 10.8. The van der Waals surface area contributed by atoms with Crippen molar-refractivity contribution in [3.05, 3.63) is 71.1 Å². The molecule has 0 unspecified atom stereocenters. The van der Waals surface area contributed by atoms with Gasteiger partial charge in [0.25, 0.3) is 0 Å². The zero-order valence-electron chi connectivity index (χ0n) is 15.5. The van der Waals surface area contributed by atoms with Crippen LogP contribution in [0, 0.1) is 13.8 Å². The van der Waals surface area contributed by atoms with Gasteiger partial charge >= 0.3 is 0 Å². The van der Waals surface area contributed by atoms with E-state index >= 15 is 0 Å². The van der Waals surface area contributed by atoms with Gasteiger partial charge in [-0.3, -0.25) is 4.98 Å². The van der Waals surface area contributed by atoms with Crippen LogP contribution in [0.4, 0.5) is 28.7 Å². The summed E-state index contributed by atoms with van der Waals surface area (Å²) < 4.78 is 0. The van der Waals surface area contributed by atoms with Crippen LogP contribution in [0.15, 0.2) is 54.9 Å². The summed E-state index contributed by atoms with van der Waals surface area (Å²) in [4.78, 5) is 13.2. The van der Waals surface area contributed by atoms with Crippen LogP contribution < -0.4 is 16.4 Å². The Morgan fingerprint density at radius 3 is 2.50 bits per heavy atom. The fourth-order valence-corrected chi connectivity index (χ4v) is 3.06. The van der Waals surface area contributed by atoms with E-state index in [1.54, 1.807) is 0 Å². The van der Waals surface area contributed by atoms with Crippen molar-refractivity contribution in [3.63, 3.8) is 0 Å². The third kappa shape index (κ3) is 3.54. The number of nitrogen functional groups attached to an aromatic ring is 1. The molecule has 0 bridgehead atoms. The first kappa shape index (κ1) is 18.0. The van der Waals surface area contributed by atoms with Crippen LogP contribution in [0.5, 0.6) is 0 Å². The average Bonchev–Trinajstić information content (AvgIpc) is 2.68. The first-order valence-electron chi connectivity index (χ1n) is 8.78. The predicted octanol–water partition coefficient (Wildman–Crippen LogP) is 5.36. The number of anilines is 5. The van der Waals surface area contributed by atoms with Gasteiger partial charge in [0.2, 0.25) is 0 Å². The van der Waals surface area contributed by atoms with Gasteiger partial charge in [-0.2, -0.15) is 0 Å². The van der Waals surface area contributed by atoms with Crippen molar-refractivity contribution in [3.8, 4) is 0 Å². The first-order chi connectivity index (χ1) is 13.5. The van der Waals surface area contributed by atoms with Crippen molar-refractivity contribution in [2.45, 2.75) is 13.8 Å². The molecule has 0 atom stereocenters. The third-order valence-electron chi connectivity index (χ3n) is 4.43. The zero-order valence-corrected chi connectivity index (χ0v) is 16.2. The van der Waals surface area contributed by atoms with Gasteiger partial charge in [0.1, 0.15) is 12.0 Å². The molecule has 6 nitrogen and oxygen atoms in total. The molecule has 0 radical (unpaired) electrons. The molecule has 0 spiro atoms. The topological polar surface area (TPSA) is 88.8 Å². The van der Waals surface area contributed by atoms with Crippen molar-refractivity contribution in [2.75, 3.05) is 16.4 Å². The highest BCUT2D eigenvalue weighted by atomic mass is 35.5. The van der Waals surface area contributed by atoms with E-state index < -0.39 is 0 Å². The van der Waals surface area contributed by atoms with Crippen molar-refractivity contribution in [1.29, 1.82) is 0 Å². The summed E-state index contributed by atoms with van der Waals surface area (Å²) in [6.07, 6.45) is 1.46. The molecule has 0 fully saturated rings. The van der Waals surface area contributed by atoms with Crippen molar-refractivity contribution >= 4 is 51.2 Å². The van der Waals surface area contributed by atoms with Crippen LogP contribution in [0.2, 0.25) is 5.02 Å². The molecule has 7 heteroatoms. The molecule has 0 saturated heterocycles. The molecule has 0 aliphatic heterocycles. The molecule has 0 amide bonds. The van der Waals surface area contributed by atoms with Crippen LogP contribution in [-0.4, -0.2) is 15.0 Å². The SMILES string of the molecule is Cc1ccc2cccc(Nc3ncnc(Nc4ccc(C)c(Cl)c4)c3N)c2n1. The molecule has 2 heterocycles. The maximum absolute atomic E-state index is 6.32. The Kier molecular flexibility index (Phi) is 4.71. The number of hydrogen-bond acceptors (Lipinski definition) is 6. The van der Waals surface area contributed by atoms with Crippen LogP contribution in [0.1, 0.15) is 11.3 Å². The monoisotopic (exact) mass is 390 g/mol. The van der Waals surface area contributed by atoms with Gasteiger partial charge in [-0.15, -0.1) is 0 Å². The maximum Gasteiger partial charge on any atom is 0.159 e. The summed E-state index contributed by atoms with van der Waals surface area (Å²) in [6, 6.07) is 15.7. The minimum atomic E-state index is 0.406. The smallest absolute Gasteiger partial charge is 0.159 e. The molecule has 4 N–H and O–H groups in total. The molecule has 2 aromatic carbocycles. The molecule has 0 aliphatic carbocycles. The summed E-state index contributed by atoms with van der Waals surface area (Å²) in [5.41, 5.74) is 11.2. The first-order valence-corrected chi connectivity index (χ1v) is 9.16. The largest absolute Gasteiger partial charge is 0.393 e. The number of aryl methyl sites for hydroxylation is 2. The number of pyridine rings is 1. The minimum Gasteiger partial charge on any atom is -0.393 e. The molecule has 4 aromatic rings. The summed E-state index contributed by atoms with van der Waals surface area (Å²) >= 11 is 6.20. The van der Waals surface area contributed by atoms with E-state index in [4.69, 9.17) is 17.3 Å². The molecule has 4 rings (SSSR count). The lowest BCUT2D eigenvalue weighted by Gasteiger charge is -2.14. The molecule has 0 saturated carbocycles. The molecule has 0 aliphatic rings. The number of nitrogens with two attached hydrogens (primary N) is 1. The number of benzene rings is 2. The highest BCUT2D eigenvalue weighted by Gasteiger charge is 2.11. The van der Waals surface area contributed by atoms with Gasteiger partial charge in [0.15, 0.2) is 11.6 Å². The Bertz CT molecular complexity index is 1170. The van der Waals surface area contributed by atoms with E-state index in [0.29, 0.717) is 22.3 Å². The number of nitrogens with one attached hydrogen (secondary N) is 2. The third-order valence-corrected chi connectivity index (χ3v) is 4.84. The van der Waals surface area contributed by atoms with E-state index in [2.05, 4.69) is 25.6 Å². The fraction of sp³-hybridized carbons (Fsp3) is 0.0952. The zero-order chi connectivity index (χ0) is 19.7. The second-order valence-corrected chi connectivity index (χ2v) is 6.94. The number of rotatable bonds is 4. The summed E-state index contributed by atoms with van der Waals surface area (Å²) in [5, 5.41) is 8.19. The summed E-state index contributed by atoms with van der Waals surface area (Å²) in [6.45, 7) is 3.91. The van der Waals surface area contributed by atoms with Crippen LogP contribution in [0.3, 0.4) is 0 Å². The lowest BCUT2D eigenvalue weighted by atomic mass is 10.1. The van der Waals surface area contributed by atoms with Crippen molar-refractivity contribution in [1.82, 2.24) is 15.0 Å². The molecular formula is C21H19ClN6. The van der Waals surface area contributed by atoms with Crippen LogP contribution in [0.25, 0.3) is 10.9 Å². The Morgan fingerprint density at radius 1 is 0.929 bits per heavy atom.